The highest BCUT2D eigenvalue weighted by Crippen LogP contribution is 2.17. The largest absolute Gasteiger partial charge is 0.478 e. The lowest BCUT2D eigenvalue weighted by Gasteiger charge is -2.06. The number of nitrogens with zero attached hydrogens (tertiary/aromatic N) is 1. The quantitative estimate of drug-likeness (QED) is 0.863. The first-order valence-electron chi connectivity index (χ1n) is 5.31. The number of ether oxygens (including phenoxy) is 1. The van der Waals surface area contributed by atoms with Crippen molar-refractivity contribution in [2.45, 2.75) is 6.42 Å². The molecule has 0 unspecified atom stereocenters. The van der Waals surface area contributed by atoms with Crippen LogP contribution in [0.2, 0.25) is 0 Å². The number of hydrogen-bond acceptors (Lipinski definition) is 5. The molecule has 0 aliphatic heterocycles. The van der Waals surface area contributed by atoms with Gasteiger partial charge in [-0.2, -0.15) is 0 Å². The molecular formula is C12H12N2O3S. The second-order valence-corrected chi connectivity index (χ2v) is 4.63. The molecule has 18 heavy (non-hydrogen) atoms. The minimum Gasteiger partial charge on any atom is -0.478 e. The monoisotopic (exact) mass is 264 g/mol. The smallest absolute Gasteiger partial charge is 0.338 e. The summed E-state index contributed by atoms with van der Waals surface area (Å²) in [4.78, 5) is 16.0. The fraction of sp³-hybridized carbons (Fsp3) is 0.167. The maximum Gasteiger partial charge on any atom is 0.338 e. The maximum absolute atomic E-state index is 10.9. The highest BCUT2D eigenvalue weighted by atomic mass is 32.1. The number of carboxylic acid groups (broad SMARTS) is 1. The van der Waals surface area contributed by atoms with Crippen LogP contribution in [-0.2, 0) is 6.42 Å². The van der Waals surface area contributed by atoms with Crippen molar-refractivity contribution >= 4 is 23.0 Å². The summed E-state index contributed by atoms with van der Waals surface area (Å²) in [6.45, 7) is 0.455. The molecule has 2 aromatic heterocycles. The lowest BCUT2D eigenvalue weighted by atomic mass is 10.2. The second-order valence-electron chi connectivity index (χ2n) is 3.59. The van der Waals surface area contributed by atoms with Gasteiger partial charge in [0.15, 0.2) is 0 Å². The van der Waals surface area contributed by atoms with Crippen molar-refractivity contribution < 1.29 is 14.6 Å². The normalized spacial score (nSPS) is 10.2. The molecule has 2 rings (SSSR count). The van der Waals surface area contributed by atoms with E-state index in [1.807, 2.05) is 17.5 Å². The van der Waals surface area contributed by atoms with Gasteiger partial charge in [-0.3, -0.25) is 0 Å². The molecule has 0 saturated heterocycles. The number of pyridine rings is 1. The Bertz CT molecular complexity index is 540. The third kappa shape index (κ3) is 2.98. The van der Waals surface area contributed by atoms with Gasteiger partial charge >= 0.3 is 5.97 Å². The third-order valence-electron chi connectivity index (χ3n) is 2.32. The predicted molar refractivity (Wildman–Crippen MR) is 69.1 cm³/mol. The fourth-order valence-corrected chi connectivity index (χ4v) is 2.11. The van der Waals surface area contributed by atoms with Crippen molar-refractivity contribution in [3.05, 3.63) is 40.2 Å². The minimum atomic E-state index is -1.09. The summed E-state index contributed by atoms with van der Waals surface area (Å²) >= 11 is 1.65. The first-order chi connectivity index (χ1) is 8.66. The van der Waals surface area contributed by atoms with E-state index < -0.39 is 5.97 Å². The van der Waals surface area contributed by atoms with Crippen LogP contribution in [0.1, 0.15) is 15.2 Å². The summed E-state index contributed by atoms with van der Waals surface area (Å²) in [5, 5.41) is 10.9. The summed E-state index contributed by atoms with van der Waals surface area (Å²) in [7, 11) is 0. The van der Waals surface area contributed by atoms with Crippen molar-refractivity contribution in [2.24, 2.45) is 0 Å². The molecule has 0 spiro atoms. The number of carbonyl (C=O) groups is 1. The van der Waals surface area contributed by atoms with Crippen LogP contribution in [-0.4, -0.2) is 22.7 Å². The van der Waals surface area contributed by atoms with Crippen LogP contribution in [0.4, 0.5) is 5.69 Å². The number of aromatic nitrogens is 1. The molecule has 2 heterocycles. The molecule has 6 heteroatoms. The van der Waals surface area contributed by atoms with Crippen molar-refractivity contribution in [3.8, 4) is 5.88 Å². The average Bonchev–Trinajstić information content (AvgIpc) is 2.84. The highest BCUT2D eigenvalue weighted by Gasteiger charge is 2.10. The molecule has 0 bridgehead atoms. The zero-order valence-corrected chi connectivity index (χ0v) is 10.3. The van der Waals surface area contributed by atoms with Crippen LogP contribution < -0.4 is 10.5 Å². The molecule has 0 fully saturated rings. The van der Waals surface area contributed by atoms with Gasteiger partial charge in [-0.25, -0.2) is 9.78 Å². The van der Waals surface area contributed by atoms with E-state index in [0.29, 0.717) is 6.61 Å². The van der Waals surface area contributed by atoms with E-state index >= 15 is 0 Å². The average molecular weight is 264 g/mol. The van der Waals surface area contributed by atoms with Gasteiger partial charge in [0, 0.05) is 17.4 Å². The van der Waals surface area contributed by atoms with E-state index in [0.717, 1.165) is 6.42 Å². The van der Waals surface area contributed by atoms with Gasteiger partial charge in [0.1, 0.15) is 0 Å². The molecule has 0 amide bonds. The Morgan fingerprint density at radius 2 is 2.39 bits per heavy atom. The lowest BCUT2D eigenvalue weighted by Crippen LogP contribution is -2.06. The number of nitrogen functional groups attached to an aromatic ring is 1. The third-order valence-corrected chi connectivity index (χ3v) is 3.25. The molecule has 0 radical (unpaired) electrons. The van der Waals surface area contributed by atoms with Gasteiger partial charge in [-0.05, 0) is 11.4 Å². The maximum atomic E-state index is 10.9. The van der Waals surface area contributed by atoms with E-state index in [9.17, 15) is 4.79 Å². The predicted octanol–water partition coefficient (Wildman–Crippen LogP) is 2.05. The number of rotatable bonds is 5. The van der Waals surface area contributed by atoms with E-state index in [1.165, 1.54) is 17.1 Å². The van der Waals surface area contributed by atoms with Crippen LogP contribution in [0.25, 0.3) is 0 Å². The van der Waals surface area contributed by atoms with Crippen LogP contribution in [0.15, 0.2) is 29.8 Å². The molecule has 94 valence electrons. The minimum absolute atomic E-state index is 0.0103. The Labute approximate surface area is 108 Å². The summed E-state index contributed by atoms with van der Waals surface area (Å²) in [5.74, 6) is -0.809. The summed E-state index contributed by atoms with van der Waals surface area (Å²) in [5.41, 5.74) is 5.64. The summed E-state index contributed by atoms with van der Waals surface area (Å²) in [6, 6.07) is 5.34. The molecule has 2 aromatic rings. The highest BCUT2D eigenvalue weighted by molar-refractivity contribution is 7.09. The van der Waals surface area contributed by atoms with Gasteiger partial charge < -0.3 is 15.6 Å². The molecule has 0 aliphatic carbocycles. The Morgan fingerprint density at radius 1 is 1.56 bits per heavy atom. The number of aromatic carboxylic acids is 1. The van der Waals surface area contributed by atoms with Gasteiger partial charge in [-0.15, -0.1) is 11.3 Å². The Balaban J connectivity index is 1.97. The van der Waals surface area contributed by atoms with Gasteiger partial charge in [0.25, 0.3) is 0 Å². The number of nitrogens with two attached hydrogens (primary N) is 1. The van der Waals surface area contributed by atoms with Crippen LogP contribution in [0.5, 0.6) is 5.88 Å². The van der Waals surface area contributed by atoms with Crippen molar-refractivity contribution in [2.75, 3.05) is 12.3 Å². The molecule has 0 atom stereocenters. The summed E-state index contributed by atoms with van der Waals surface area (Å²) < 4.78 is 5.40. The standard InChI is InChI=1S/C12H12N2O3S/c13-10-7-14-11(6-9(10)12(15)16)17-4-3-8-2-1-5-18-8/h1-2,5-7H,3-4,13H2,(H,15,16). The van der Waals surface area contributed by atoms with Crippen LogP contribution in [0.3, 0.4) is 0 Å². The summed E-state index contributed by atoms with van der Waals surface area (Å²) in [6.07, 6.45) is 2.07. The second kappa shape index (κ2) is 5.50. The van der Waals surface area contributed by atoms with Crippen LogP contribution in [0, 0.1) is 0 Å². The van der Waals surface area contributed by atoms with Gasteiger partial charge in [0.2, 0.25) is 5.88 Å². The fourth-order valence-electron chi connectivity index (χ4n) is 1.42. The lowest BCUT2D eigenvalue weighted by molar-refractivity contribution is 0.0697. The molecule has 5 nitrogen and oxygen atoms in total. The van der Waals surface area contributed by atoms with Crippen LogP contribution >= 0.6 is 11.3 Å². The first-order valence-corrected chi connectivity index (χ1v) is 6.19. The van der Waals surface area contributed by atoms with E-state index in [1.54, 1.807) is 11.3 Å². The first kappa shape index (κ1) is 12.4. The van der Waals surface area contributed by atoms with E-state index in [4.69, 9.17) is 15.6 Å². The van der Waals surface area contributed by atoms with Gasteiger partial charge in [-0.1, -0.05) is 6.07 Å². The number of thiophene rings is 1. The zero-order chi connectivity index (χ0) is 13.0. The molecule has 0 aromatic carbocycles. The number of anilines is 1. The van der Waals surface area contributed by atoms with Crippen molar-refractivity contribution in [3.63, 3.8) is 0 Å². The molecule has 3 N–H and O–H groups in total. The van der Waals surface area contributed by atoms with Crippen molar-refractivity contribution in [1.82, 2.24) is 4.98 Å². The molecule has 0 saturated carbocycles. The number of carboxylic acids is 1. The zero-order valence-electron chi connectivity index (χ0n) is 9.50. The van der Waals surface area contributed by atoms with E-state index in [-0.39, 0.29) is 17.1 Å². The Kier molecular flexibility index (Phi) is 3.78. The van der Waals surface area contributed by atoms with E-state index in [2.05, 4.69) is 4.98 Å². The topological polar surface area (TPSA) is 85.4 Å². The van der Waals surface area contributed by atoms with Gasteiger partial charge in [0.05, 0.1) is 24.1 Å². The molecular weight excluding hydrogens is 252 g/mol. The number of hydrogen-bond donors (Lipinski definition) is 2. The Morgan fingerprint density at radius 3 is 3.06 bits per heavy atom. The SMILES string of the molecule is Nc1cnc(OCCc2cccs2)cc1C(=O)O. The van der Waals surface area contributed by atoms with Crippen molar-refractivity contribution in [1.29, 1.82) is 0 Å². The molecule has 0 aliphatic rings. The Hall–Kier alpha value is -2.08.